The van der Waals surface area contributed by atoms with Crippen molar-refractivity contribution in [3.63, 3.8) is 0 Å². The van der Waals surface area contributed by atoms with Crippen molar-refractivity contribution in [3.8, 4) is 0 Å². The van der Waals surface area contributed by atoms with Gasteiger partial charge in [-0.3, -0.25) is 9.59 Å². The summed E-state index contributed by atoms with van der Waals surface area (Å²) in [4.78, 5) is 34.0. The number of nitrogens with zero attached hydrogens (tertiary/aromatic N) is 1. The van der Waals surface area contributed by atoms with Crippen LogP contribution in [0.25, 0.3) is 0 Å². The Kier molecular flexibility index (Phi) is 5.28. The first-order chi connectivity index (χ1) is 15.7. The summed E-state index contributed by atoms with van der Waals surface area (Å²) in [6.07, 6.45) is 1.09. The van der Waals surface area contributed by atoms with Crippen LogP contribution in [0, 0.1) is 18.2 Å². The summed E-state index contributed by atoms with van der Waals surface area (Å²) in [6.45, 7) is 5.96. The monoisotopic (exact) mass is 465 g/mol. The third kappa shape index (κ3) is 4.15. The number of ketones is 1. The maximum atomic E-state index is 13.3. The number of hydrogen-bond acceptors (Lipinski definition) is 6. The van der Waals surface area contributed by atoms with Gasteiger partial charge in [0, 0.05) is 23.4 Å². The van der Waals surface area contributed by atoms with Crippen LogP contribution < -0.4 is 10.9 Å². The van der Waals surface area contributed by atoms with Gasteiger partial charge in [-0.1, -0.05) is 37.7 Å². The van der Waals surface area contributed by atoms with Crippen LogP contribution >= 0.6 is 11.8 Å². The van der Waals surface area contributed by atoms with Gasteiger partial charge in [0.1, 0.15) is 23.2 Å². The first-order valence-corrected chi connectivity index (χ1v) is 11.8. The molecule has 0 amide bonds. The zero-order chi connectivity index (χ0) is 23.3. The van der Waals surface area contributed by atoms with E-state index in [9.17, 15) is 14.0 Å². The van der Waals surface area contributed by atoms with E-state index in [1.54, 1.807) is 12.1 Å². The molecule has 3 heterocycles. The third-order valence-electron chi connectivity index (χ3n) is 6.03. The van der Waals surface area contributed by atoms with Gasteiger partial charge in [0.05, 0.1) is 11.5 Å². The largest absolute Gasteiger partial charge is 0.465 e. The van der Waals surface area contributed by atoms with Crippen LogP contribution in [0.15, 0.2) is 62.0 Å². The second kappa shape index (κ2) is 8.02. The number of H-pyrrole nitrogens is 1. The van der Waals surface area contributed by atoms with E-state index in [1.807, 2.05) is 19.1 Å². The average molecular weight is 466 g/mol. The first-order valence-electron chi connectivity index (χ1n) is 10.8. The van der Waals surface area contributed by atoms with Crippen molar-refractivity contribution < 1.29 is 13.6 Å². The number of halogens is 1. The number of carbonyl (C=O) groups is 1. The van der Waals surface area contributed by atoms with E-state index in [1.165, 1.54) is 23.9 Å². The van der Waals surface area contributed by atoms with E-state index < -0.39 is 5.92 Å². The predicted octanol–water partition coefficient (Wildman–Crippen LogP) is 5.30. The van der Waals surface area contributed by atoms with Crippen LogP contribution in [-0.2, 0) is 10.5 Å². The number of aromatic nitrogens is 2. The lowest BCUT2D eigenvalue weighted by Crippen LogP contribution is -2.36. The van der Waals surface area contributed by atoms with Crippen LogP contribution in [0.3, 0.4) is 0 Å². The van der Waals surface area contributed by atoms with Gasteiger partial charge in [0.25, 0.3) is 5.56 Å². The zero-order valence-electron chi connectivity index (χ0n) is 18.6. The molecule has 1 aliphatic heterocycles. The molecule has 5 rings (SSSR count). The Labute approximate surface area is 194 Å². The number of rotatable bonds is 4. The summed E-state index contributed by atoms with van der Waals surface area (Å²) >= 11 is 1.36. The highest BCUT2D eigenvalue weighted by Crippen LogP contribution is 2.48. The van der Waals surface area contributed by atoms with E-state index >= 15 is 0 Å². The highest BCUT2D eigenvalue weighted by Gasteiger charge is 2.43. The lowest BCUT2D eigenvalue weighted by atomic mass is 9.70. The van der Waals surface area contributed by atoms with Crippen LogP contribution in [0.2, 0.25) is 0 Å². The van der Waals surface area contributed by atoms with Crippen molar-refractivity contribution in [2.75, 3.05) is 5.32 Å². The number of furan rings is 1. The molecule has 8 heteroatoms. The normalized spacial score (nSPS) is 19.2. The van der Waals surface area contributed by atoms with Crippen LogP contribution in [-0.4, -0.2) is 15.8 Å². The van der Waals surface area contributed by atoms with Crippen molar-refractivity contribution in [2.24, 2.45) is 5.41 Å². The highest BCUT2D eigenvalue weighted by molar-refractivity contribution is 7.98. The number of Topliss-reactive ketones (excluding diaryl/α,β-unsaturated/α-hetero) is 1. The summed E-state index contributed by atoms with van der Waals surface area (Å²) in [5, 5.41) is 3.76. The van der Waals surface area contributed by atoms with Crippen LogP contribution in [0.1, 0.15) is 55.3 Å². The maximum absolute atomic E-state index is 13.3. The standard InChI is InChI=1S/C25H24FN3O3S/c1-13-4-9-18(32-13)20-19-16(10-25(2,3)11-17(19)30)27-22-21(20)23(31)29-24(28-22)33-12-14-5-7-15(26)8-6-14/h4-9,20H,10-12H2,1-3H3,(H2,27,28,29,31). The Bertz CT molecular complexity index is 1340. The minimum atomic E-state index is -0.596. The summed E-state index contributed by atoms with van der Waals surface area (Å²) in [5.41, 5.74) is 2.21. The Morgan fingerprint density at radius 1 is 1.15 bits per heavy atom. The fourth-order valence-electron chi connectivity index (χ4n) is 4.59. The van der Waals surface area contributed by atoms with Gasteiger partial charge in [0.15, 0.2) is 10.9 Å². The Morgan fingerprint density at radius 3 is 2.61 bits per heavy atom. The number of aryl methyl sites for hydroxylation is 1. The number of fused-ring (bicyclic) bond motifs is 1. The molecule has 0 bridgehead atoms. The van der Waals surface area contributed by atoms with Gasteiger partial charge in [-0.05, 0) is 48.6 Å². The number of aromatic amines is 1. The van der Waals surface area contributed by atoms with Gasteiger partial charge in [-0.2, -0.15) is 0 Å². The molecular weight excluding hydrogens is 441 g/mol. The van der Waals surface area contributed by atoms with Gasteiger partial charge in [0.2, 0.25) is 0 Å². The summed E-state index contributed by atoms with van der Waals surface area (Å²) < 4.78 is 19.1. The molecule has 33 heavy (non-hydrogen) atoms. The second-order valence-electron chi connectivity index (χ2n) is 9.39. The summed E-state index contributed by atoms with van der Waals surface area (Å²) in [5.74, 6) is 1.39. The molecule has 0 fully saturated rings. The predicted molar refractivity (Wildman–Crippen MR) is 125 cm³/mol. The van der Waals surface area contributed by atoms with Gasteiger partial charge >= 0.3 is 0 Å². The molecule has 0 saturated heterocycles. The molecule has 2 aromatic heterocycles. The summed E-state index contributed by atoms with van der Waals surface area (Å²) in [7, 11) is 0. The maximum Gasteiger partial charge on any atom is 0.257 e. The molecule has 170 valence electrons. The number of anilines is 1. The Morgan fingerprint density at radius 2 is 1.91 bits per heavy atom. The fourth-order valence-corrected chi connectivity index (χ4v) is 5.40. The summed E-state index contributed by atoms with van der Waals surface area (Å²) in [6, 6.07) is 9.89. The van der Waals surface area contributed by atoms with E-state index in [2.05, 4.69) is 29.1 Å². The van der Waals surface area contributed by atoms with E-state index in [4.69, 9.17) is 4.42 Å². The molecule has 3 aromatic rings. The first kappa shape index (κ1) is 21.7. The van der Waals surface area contributed by atoms with Crippen molar-refractivity contribution >= 4 is 23.4 Å². The smallest absolute Gasteiger partial charge is 0.257 e. The zero-order valence-corrected chi connectivity index (χ0v) is 19.4. The molecular formula is C25H24FN3O3S. The number of allylic oxidation sites excluding steroid dienone is 2. The van der Waals surface area contributed by atoms with Crippen LogP contribution in [0.4, 0.5) is 10.2 Å². The molecule has 2 N–H and O–H groups in total. The minimum absolute atomic E-state index is 0.0209. The van der Waals surface area contributed by atoms with E-state index in [0.717, 1.165) is 11.3 Å². The van der Waals surface area contributed by atoms with Crippen molar-refractivity contribution in [1.82, 2.24) is 9.97 Å². The minimum Gasteiger partial charge on any atom is -0.465 e. The van der Waals surface area contributed by atoms with Crippen molar-refractivity contribution in [2.45, 2.75) is 50.4 Å². The average Bonchev–Trinajstić information content (AvgIpc) is 3.17. The lowest BCUT2D eigenvalue weighted by Gasteiger charge is -2.37. The molecule has 1 aliphatic carbocycles. The highest BCUT2D eigenvalue weighted by atomic mass is 32.2. The number of benzene rings is 1. The van der Waals surface area contributed by atoms with Crippen LogP contribution in [0.5, 0.6) is 0 Å². The Balaban J connectivity index is 1.56. The number of carbonyl (C=O) groups excluding carboxylic acids is 1. The van der Waals surface area contributed by atoms with Crippen molar-refractivity contribution in [1.29, 1.82) is 0 Å². The van der Waals surface area contributed by atoms with Gasteiger partial charge in [-0.15, -0.1) is 0 Å². The number of thioether (sulfide) groups is 1. The molecule has 2 aliphatic rings. The van der Waals surface area contributed by atoms with Crippen molar-refractivity contribution in [3.05, 3.63) is 86.5 Å². The number of hydrogen-bond donors (Lipinski definition) is 2. The fraction of sp³-hybridized carbons (Fsp3) is 0.320. The lowest BCUT2D eigenvalue weighted by molar-refractivity contribution is -0.118. The SMILES string of the molecule is Cc1ccc(C2C3=C(CC(C)(C)CC3=O)Nc3nc(SCc4ccc(F)cc4)[nH]c(=O)c32)o1. The molecule has 6 nitrogen and oxygen atoms in total. The van der Waals surface area contributed by atoms with E-state index in [-0.39, 0.29) is 22.6 Å². The number of nitrogens with one attached hydrogen (secondary N) is 2. The quantitative estimate of drug-likeness (QED) is 0.401. The Hall–Kier alpha value is -3.13. The van der Waals surface area contributed by atoms with Gasteiger partial charge in [-0.25, -0.2) is 9.37 Å². The molecule has 1 atom stereocenters. The van der Waals surface area contributed by atoms with Gasteiger partial charge < -0.3 is 14.7 Å². The molecule has 0 spiro atoms. The second-order valence-corrected chi connectivity index (χ2v) is 10.4. The molecule has 1 aromatic carbocycles. The molecule has 0 saturated carbocycles. The topological polar surface area (TPSA) is 88.0 Å². The molecule has 1 unspecified atom stereocenters. The van der Waals surface area contributed by atoms with E-state index in [0.29, 0.717) is 52.2 Å². The molecule has 0 radical (unpaired) electrons. The third-order valence-corrected chi connectivity index (χ3v) is 6.98.